The van der Waals surface area contributed by atoms with Crippen molar-refractivity contribution in [2.24, 2.45) is 0 Å². The van der Waals surface area contributed by atoms with Crippen LogP contribution >= 0.6 is 11.3 Å². The van der Waals surface area contributed by atoms with Crippen LogP contribution in [0.2, 0.25) is 0 Å². The molecule has 0 atom stereocenters. The number of hydrogen-bond donors (Lipinski definition) is 2. The number of amides is 2. The zero-order valence-corrected chi connectivity index (χ0v) is 15.4. The molecule has 27 heavy (non-hydrogen) atoms. The number of aromatic nitrogens is 1. The molecule has 0 radical (unpaired) electrons. The second-order valence-electron chi connectivity index (χ2n) is 5.58. The third kappa shape index (κ3) is 4.48. The highest BCUT2D eigenvalue weighted by Gasteiger charge is 2.17. The van der Waals surface area contributed by atoms with Crippen LogP contribution in [-0.2, 0) is 0 Å². The van der Waals surface area contributed by atoms with Gasteiger partial charge in [-0.2, -0.15) is 0 Å². The van der Waals surface area contributed by atoms with E-state index in [9.17, 15) is 14.0 Å². The Labute approximate surface area is 159 Å². The number of hydrogen-bond acceptors (Lipinski definition) is 5. The normalized spacial score (nSPS) is 10.3. The number of carbonyl (C=O) groups excluding carboxylic acids is 2. The summed E-state index contributed by atoms with van der Waals surface area (Å²) in [6.07, 6.45) is 0. The number of benzene rings is 2. The molecule has 0 fully saturated rings. The largest absolute Gasteiger partial charge is 0.497 e. The summed E-state index contributed by atoms with van der Waals surface area (Å²) in [6, 6.07) is 12.3. The molecule has 0 spiro atoms. The molecule has 3 rings (SSSR count). The van der Waals surface area contributed by atoms with Gasteiger partial charge in [0.1, 0.15) is 16.4 Å². The SMILES string of the molecule is COc1cccc(NC(=O)c2sc(NC(=O)c3cccc(F)c3)nc2C)c1. The first kappa shape index (κ1) is 18.5. The van der Waals surface area contributed by atoms with Gasteiger partial charge >= 0.3 is 0 Å². The first-order valence-electron chi connectivity index (χ1n) is 7.96. The molecule has 8 heteroatoms. The van der Waals surface area contributed by atoms with Gasteiger partial charge in [0, 0.05) is 17.3 Å². The zero-order chi connectivity index (χ0) is 19.4. The Morgan fingerprint density at radius 2 is 1.85 bits per heavy atom. The summed E-state index contributed by atoms with van der Waals surface area (Å²) in [7, 11) is 1.54. The summed E-state index contributed by atoms with van der Waals surface area (Å²) in [4.78, 5) is 29.3. The van der Waals surface area contributed by atoms with E-state index in [1.54, 1.807) is 38.3 Å². The van der Waals surface area contributed by atoms with Gasteiger partial charge in [-0.3, -0.25) is 14.9 Å². The van der Waals surface area contributed by atoms with E-state index in [-0.39, 0.29) is 16.6 Å². The predicted molar refractivity (Wildman–Crippen MR) is 102 cm³/mol. The van der Waals surface area contributed by atoms with Crippen molar-refractivity contribution in [3.8, 4) is 5.75 Å². The molecule has 138 valence electrons. The Hall–Kier alpha value is -3.26. The van der Waals surface area contributed by atoms with Crippen molar-refractivity contribution in [3.63, 3.8) is 0 Å². The van der Waals surface area contributed by atoms with Crippen molar-refractivity contribution in [2.45, 2.75) is 6.92 Å². The lowest BCUT2D eigenvalue weighted by Crippen LogP contribution is -2.11. The summed E-state index contributed by atoms with van der Waals surface area (Å²) in [5.74, 6) is -0.722. The zero-order valence-electron chi connectivity index (χ0n) is 14.6. The van der Waals surface area contributed by atoms with Crippen molar-refractivity contribution in [1.82, 2.24) is 4.98 Å². The number of aryl methyl sites for hydroxylation is 1. The van der Waals surface area contributed by atoms with Crippen LogP contribution in [-0.4, -0.2) is 23.9 Å². The lowest BCUT2D eigenvalue weighted by Gasteiger charge is -2.06. The van der Waals surface area contributed by atoms with Crippen LogP contribution in [0.1, 0.15) is 25.7 Å². The number of thiazole rings is 1. The van der Waals surface area contributed by atoms with Gasteiger partial charge in [0.05, 0.1) is 12.8 Å². The summed E-state index contributed by atoms with van der Waals surface area (Å²) in [5, 5.41) is 5.62. The maximum atomic E-state index is 13.2. The standard InChI is InChI=1S/C19H16FN3O3S/c1-11-16(18(25)22-14-7-4-8-15(10-14)26-2)27-19(21-11)23-17(24)12-5-3-6-13(20)9-12/h3-10H,1-2H3,(H,22,25)(H,21,23,24). The predicted octanol–water partition coefficient (Wildman–Crippen LogP) is 4.10. The lowest BCUT2D eigenvalue weighted by molar-refractivity contribution is 0.101. The summed E-state index contributed by atoms with van der Waals surface area (Å²) >= 11 is 1.04. The van der Waals surface area contributed by atoms with Gasteiger partial charge in [-0.15, -0.1) is 0 Å². The minimum Gasteiger partial charge on any atom is -0.497 e. The molecule has 0 aliphatic heterocycles. The van der Waals surface area contributed by atoms with E-state index < -0.39 is 11.7 Å². The first-order chi connectivity index (χ1) is 13.0. The van der Waals surface area contributed by atoms with Crippen LogP contribution in [0.15, 0.2) is 48.5 Å². The van der Waals surface area contributed by atoms with E-state index in [0.717, 1.165) is 17.4 Å². The van der Waals surface area contributed by atoms with E-state index in [2.05, 4.69) is 15.6 Å². The Balaban J connectivity index is 1.73. The van der Waals surface area contributed by atoms with Crippen LogP contribution in [0.3, 0.4) is 0 Å². The number of nitrogens with one attached hydrogen (secondary N) is 2. The van der Waals surface area contributed by atoms with Gasteiger partial charge in [-0.1, -0.05) is 23.5 Å². The highest BCUT2D eigenvalue weighted by Crippen LogP contribution is 2.25. The monoisotopic (exact) mass is 385 g/mol. The molecule has 0 aliphatic rings. The van der Waals surface area contributed by atoms with E-state index in [1.165, 1.54) is 18.2 Å². The van der Waals surface area contributed by atoms with Crippen LogP contribution < -0.4 is 15.4 Å². The molecule has 3 aromatic rings. The average Bonchev–Trinajstić information content (AvgIpc) is 3.02. The smallest absolute Gasteiger partial charge is 0.267 e. The van der Waals surface area contributed by atoms with Crippen molar-refractivity contribution >= 4 is 34.0 Å². The number of carbonyl (C=O) groups is 2. The van der Waals surface area contributed by atoms with Gasteiger partial charge in [-0.05, 0) is 37.3 Å². The minimum atomic E-state index is -0.503. The van der Waals surface area contributed by atoms with E-state index in [0.29, 0.717) is 22.0 Å². The van der Waals surface area contributed by atoms with E-state index in [1.807, 2.05) is 0 Å². The van der Waals surface area contributed by atoms with Gasteiger partial charge < -0.3 is 10.1 Å². The van der Waals surface area contributed by atoms with Gasteiger partial charge in [-0.25, -0.2) is 9.37 Å². The van der Waals surface area contributed by atoms with Crippen LogP contribution in [0.5, 0.6) is 5.75 Å². The van der Waals surface area contributed by atoms with Gasteiger partial charge in [0.2, 0.25) is 0 Å². The first-order valence-corrected chi connectivity index (χ1v) is 8.77. The molecule has 0 bridgehead atoms. The average molecular weight is 385 g/mol. The Morgan fingerprint density at radius 1 is 1.07 bits per heavy atom. The summed E-state index contributed by atoms with van der Waals surface area (Å²) in [6.45, 7) is 1.68. The van der Waals surface area contributed by atoms with Crippen molar-refractivity contribution in [2.75, 3.05) is 17.7 Å². The fourth-order valence-corrected chi connectivity index (χ4v) is 3.20. The molecular formula is C19H16FN3O3S. The maximum Gasteiger partial charge on any atom is 0.267 e. The fraction of sp³-hybridized carbons (Fsp3) is 0.105. The lowest BCUT2D eigenvalue weighted by atomic mass is 10.2. The topological polar surface area (TPSA) is 80.3 Å². The van der Waals surface area contributed by atoms with Crippen LogP contribution in [0.4, 0.5) is 15.2 Å². The molecule has 0 saturated heterocycles. The molecule has 1 heterocycles. The highest BCUT2D eigenvalue weighted by molar-refractivity contribution is 7.17. The number of nitrogens with zero attached hydrogens (tertiary/aromatic N) is 1. The molecule has 0 saturated carbocycles. The molecule has 0 aliphatic carbocycles. The quantitative estimate of drug-likeness (QED) is 0.693. The Bertz CT molecular complexity index is 1000. The fourth-order valence-electron chi connectivity index (χ4n) is 2.35. The van der Waals surface area contributed by atoms with Gasteiger partial charge in [0.25, 0.3) is 11.8 Å². The molecule has 6 nitrogen and oxygen atoms in total. The third-order valence-corrected chi connectivity index (χ3v) is 4.71. The van der Waals surface area contributed by atoms with Gasteiger partial charge in [0.15, 0.2) is 5.13 Å². The van der Waals surface area contributed by atoms with Crippen molar-refractivity contribution in [1.29, 1.82) is 0 Å². The maximum absolute atomic E-state index is 13.2. The van der Waals surface area contributed by atoms with E-state index >= 15 is 0 Å². The number of methoxy groups -OCH3 is 1. The number of rotatable bonds is 5. The summed E-state index contributed by atoms with van der Waals surface area (Å²) in [5.41, 5.74) is 1.23. The second kappa shape index (κ2) is 7.96. The van der Waals surface area contributed by atoms with Crippen LogP contribution in [0.25, 0.3) is 0 Å². The Morgan fingerprint density at radius 3 is 2.59 bits per heavy atom. The molecule has 1 aromatic heterocycles. The number of halogens is 1. The molecular weight excluding hydrogens is 369 g/mol. The van der Waals surface area contributed by atoms with Crippen molar-refractivity contribution in [3.05, 3.63) is 70.5 Å². The third-order valence-electron chi connectivity index (χ3n) is 3.64. The molecule has 0 unspecified atom stereocenters. The second-order valence-corrected chi connectivity index (χ2v) is 6.58. The number of ether oxygens (including phenoxy) is 1. The molecule has 2 aromatic carbocycles. The highest BCUT2D eigenvalue weighted by atomic mass is 32.1. The molecule has 2 amide bonds. The number of anilines is 2. The van der Waals surface area contributed by atoms with Crippen molar-refractivity contribution < 1.29 is 18.7 Å². The molecule has 2 N–H and O–H groups in total. The van der Waals surface area contributed by atoms with Crippen LogP contribution in [0, 0.1) is 12.7 Å². The van der Waals surface area contributed by atoms with E-state index in [4.69, 9.17) is 4.74 Å². The summed E-state index contributed by atoms with van der Waals surface area (Å²) < 4.78 is 18.4. The minimum absolute atomic E-state index is 0.172. The Kier molecular flexibility index (Phi) is 5.46.